The second-order valence-electron chi connectivity index (χ2n) is 10.4. The molecule has 3 aliphatic rings. The van der Waals surface area contributed by atoms with Crippen molar-refractivity contribution in [2.45, 2.75) is 65.0 Å². The topological polar surface area (TPSA) is 102 Å². The minimum absolute atomic E-state index is 0.0134. The summed E-state index contributed by atoms with van der Waals surface area (Å²) in [5.41, 5.74) is 1.62. The highest BCUT2D eigenvalue weighted by Crippen LogP contribution is 2.64. The first-order valence-electron chi connectivity index (χ1n) is 11.5. The van der Waals surface area contributed by atoms with Crippen molar-refractivity contribution in [3.05, 3.63) is 29.8 Å². The lowest BCUT2D eigenvalue weighted by molar-refractivity contribution is -0.140. The zero-order chi connectivity index (χ0) is 23.2. The van der Waals surface area contributed by atoms with Crippen LogP contribution in [-0.2, 0) is 14.4 Å². The fourth-order valence-corrected chi connectivity index (χ4v) is 5.55. The van der Waals surface area contributed by atoms with Gasteiger partial charge in [0.1, 0.15) is 12.1 Å². The first-order chi connectivity index (χ1) is 15.1. The summed E-state index contributed by atoms with van der Waals surface area (Å²) < 4.78 is 0. The number of hydrogen-bond acceptors (Lipinski definition) is 4. The van der Waals surface area contributed by atoms with Crippen LogP contribution in [0.3, 0.4) is 0 Å². The zero-order valence-corrected chi connectivity index (χ0v) is 19.2. The average Bonchev–Trinajstić information content (AvgIpc) is 3.07. The standard InChI is InChI=1S/C25H32N4O3/c1-14(2)9-10-20(30)29-13-18-21(25(18,3)4)22(29)24(32)27-15(12-26)11-17-16-7-5-6-8-19(16)28-23(17)31/h5-8,14-15,17-18,21-22H,9-11,13H2,1-4H3,(H,27,32)(H,28,31)/t15-,17?,18-,21-,22-/m0/s1. The van der Waals surface area contributed by atoms with E-state index < -0.39 is 18.0 Å². The van der Waals surface area contributed by atoms with E-state index >= 15 is 0 Å². The van der Waals surface area contributed by atoms with E-state index in [0.717, 1.165) is 17.7 Å². The Morgan fingerprint density at radius 1 is 1.31 bits per heavy atom. The van der Waals surface area contributed by atoms with Crippen molar-refractivity contribution in [3.63, 3.8) is 0 Å². The van der Waals surface area contributed by atoms with Gasteiger partial charge in [-0.05, 0) is 47.6 Å². The van der Waals surface area contributed by atoms with Crippen LogP contribution in [0.15, 0.2) is 24.3 Å². The molecule has 7 nitrogen and oxygen atoms in total. The molecule has 1 unspecified atom stereocenters. The molecule has 0 aromatic heterocycles. The molecule has 3 amide bonds. The Kier molecular flexibility index (Phi) is 5.74. The molecule has 1 saturated heterocycles. The van der Waals surface area contributed by atoms with E-state index in [-0.39, 0.29) is 35.5 Å². The first-order valence-corrected chi connectivity index (χ1v) is 11.5. The molecule has 170 valence electrons. The highest BCUT2D eigenvalue weighted by atomic mass is 16.2. The number of carbonyl (C=O) groups excluding carboxylic acids is 3. The van der Waals surface area contributed by atoms with Crippen LogP contribution in [-0.4, -0.2) is 41.2 Å². The maximum Gasteiger partial charge on any atom is 0.244 e. The lowest BCUT2D eigenvalue weighted by Crippen LogP contribution is -2.52. The molecular weight excluding hydrogens is 404 g/mol. The van der Waals surface area contributed by atoms with Gasteiger partial charge in [0.05, 0.1) is 12.0 Å². The second-order valence-corrected chi connectivity index (χ2v) is 10.4. The van der Waals surface area contributed by atoms with Crippen LogP contribution in [0, 0.1) is 34.5 Å². The van der Waals surface area contributed by atoms with E-state index in [0.29, 0.717) is 24.8 Å². The molecule has 0 radical (unpaired) electrons. The van der Waals surface area contributed by atoms with Gasteiger partial charge in [0, 0.05) is 18.7 Å². The van der Waals surface area contributed by atoms with E-state index in [1.54, 1.807) is 4.90 Å². The van der Waals surface area contributed by atoms with Gasteiger partial charge < -0.3 is 15.5 Å². The van der Waals surface area contributed by atoms with Gasteiger partial charge in [-0.25, -0.2) is 0 Å². The van der Waals surface area contributed by atoms with E-state index in [1.165, 1.54) is 0 Å². The molecule has 2 heterocycles. The number of benzene rings is 1. The van der Waals surface area contributed by atoms with Crippen LogP contribution >= 0.6 is 0 Å². The summed E-state index contributed by atoms with van der Waals surface area (Å²) in [6.45, 7) is 9.04. The van der Waals surface area contributed by atoms with Crippen LogP contribution < -0.4 is 10.6 Å². The Labute approximate surface area is 189 Å². The smallest absolute Gasteiger partial charge is 0.244 e. The van der Waals surface area contributed by atoms with Crippen molar-refractivity contribution in [1.29, 1.82) is 5.26 Å². The molecule has 4 rings (SSSR count). The monoisotopic (exact) mass is 436 g/mol. The van der Waals surface area contributed by atoms with Crippen LogP contribution in [0.1, 0.15) is 58.4 Å². The quantitative estimate of drug-likeness (QED) is 0.686. The van der Waals surface area contributed by atoms with Crippen LogP contribution in [0.2, 0.25) is 0 Å². The highest BCUT2D eigenvalue weighted by molar-refractivity contribution is 6.03. The van der Waals surface area contributed by atoms with Crippen LogP contribution in [0.4, 0.5) is 5.69 Å². The normalized spacial score (nSPS) is 27.9. The van der Waals surface area contributed by atoms with Gasteiger partial charge in [-0.1, -0.05) is 45.9 Å². The maximum atomic E-state index is 13.3. The fraction of sp³-hybridized carbons (Fsp3) is 0.600. The Bertz CT molecular complexity index is 980. The Morgan fingerprint density at radius 3 is 2.72 bits per heavy atom. The average molecular weight is 437 g/mol. The maximum absolute atomic E-state index is 13.3. The predicted octanol–water partition coefficient (Wildman–Crippen LogP) is 3.04. The van der Waals surface area contributed by atoms with Crippen LogP contribution in [0.25, 0.3) is 0 Å². The summed E-state index contributed by atoms with van der Waals surface area (Å²) in [5.74, 6) is -0.0550. The number of carbonyl (C=O) groups is 3. The van der Waals surface area contributed by atoms with Gasteiger partial charge in [0.25, 0.3) is 0 Å². The molecule has 1 aliphatic carbocycles. The Morgan fingerprint density at radius 2 is 2.03 bits per heavy atom. The van der Waals surface area contributed by atoms with Crippen molar-refractivity contribution in [2.24, 2.45) is 23.2 Å². The summed E-state index contributed by atoms with van der Waals surface area (Å²) in [6.07, 6.45) is 1.43. The number of nitrogens with one attached hydrogen (secondary N) is 2. The zero-order valence-electron chi connectivity index (χ0n) is 19.2. The summed E-state index contributed by atoms with van der Waals surface area (Å²) in [4.78, 5) is 40.4. The van der Waals surface area contributed by atoms with Gasteiger partial charge in [-0.15, -0.1) is 0 Å². The molecular formula is C25H32N4O3. The number of nitrogens with zero attached hydrogens (tertiary/aromatic N) is 2. The number of hydrogen-bond donors (Lipinski definition) is 2. The molecule has 32 heavy (non-hydrogen) atoms. The molecule has 2 aliphatic heterocycles. The van der Waals surface area contributed by atoms with Crippen molar-refractivity contribution in [3.8, 4) is 6.07 Å². The summed E-state index contributed by atoms with van der Waals surface area (Å²) in [6, 6.07) is 8.22. The first kappa shape index (κ1) is 22.3. The molecule has 1 aromatic carbocycles. The summed E-state index contributed by atoms with van der Waals surface area (Å²) in [5, 5.41) is 15.4. The summed E-state index contributed by atoms with van der Waals surface area (Å²) >= 11 is 0. The van der Waals surface area contributed by atoms with E-state index in [9.17, 15) is 19.6 Å². The summed E-state index contributed by atoms with van der Waals surface area (Å²) in [7, 11) is 0. The molecule has 0 bridgehead atoms. The third-order valence-electron chi connectivity index (χ3n) is 7.59. The molecule has 2 fully saturated rings. The highest BCUT2D eigenvalue weighted by Gasteiger charge is 2.69. The molecule has 7 heteroatoms. The Balaban J connectivity index is 1.46. The molecule has 2 N–H and O–H groups in total. The molecule has 5 atom stereocenters. The van der Waals surface area contributed by atoms with Crippen molar-refractivity contribution in [2.75, 3.05) is 11.9 Å². The SMILES string of the molecule is CC(C)CCC(=O)N1C[C@H]2[C@@H]([C@H]1C(=O)N[C@H](C#N)CC1C(=O)Nc3ccccc31)C2(C)C. The number of nitriles is 1. The van der Waals surface area contributed by atoms with Gasteiger partial charge in [-0.3, -0.25) is 14.4 Å². The fourth-order valence-electron chi connectivity index (χ4n) is 5.55. The van der Waals surface area contributed by atoms with Crippen LogP contribution in [0.5, 0.6) is 0 Å². The number of fused-ring (bicyclic) bond motifs is 2. The van der Waals surface area contributed by atoms with E-state index in [1.807, 2.05) is 24.3 Å². The number of anilines is 1. The van der Waals surface area contributed by atoms with Crippen molar-refractivity contribution < 1.29 is 14.4 Å². The Hall–Kier alpha value is -2.88. The van der Waals surface area contributed by atoms with Gasteiger partial charge in [0.15, 0.2) is 0 Å². The van der Waals surface area contributed by atoms with E-state index in [2.05, 4.69) is 44.4 Å². The van der Waals surface area contributed by atoms with Gasteiger partial charge >= 0.3 is 0 Å². The minimum atomic E-state index is -0.807. The lowest BCUT2D eigenvalue weighted by atomic mass is 9.93. The van der Waals surface area contributed by atoms with Gasteiger partial charge in [0.2, 0.25) is 17.7 Å². The van der Waals surface area contributed by atoms with Crippen molar-refractivity contribution in [1.82, 2.24) is 10.2 Å². The number of likely N-dealkylation sites (tertiary alicyclic amines) is 1. The number of amides is 3. The molecule has 1 aromatic rings. The third-order valence-corrected chi connectivity index (χ3v) is 7.59. The number of rotatable bonds is 7. The lowest BCUT2D eigenvalue weighted by Gasteiger charge is -2.31. The van der Waals surface area contributed by atoms with Crippen molar-refractivity contribution >= 4 is 23.4 Å². The second kappa shape index (κ2) is 8.23. The molecule has 0 spiro atoms. The molecule has 1 saturated carbocycles. The van der Waals surface area contributed by atoms with Gasteiger partial charge in [-0.2, -0.15) is 5.26 Å². The number of piperidine rings is 1. The number of para-hydroxylation sites is 1. The predicted molar refractivity (Wildman–Crippen MR) is 120 cm³/mol. The largest absolute Gasteiger partial charge is 0.339 e. The minimum Gasteiger partial charge on any atom is -0.339 e. The van der Waals surface area contributed by atoms with E-state index in [4.69, 9.17) is 0 Å². The third kappa shape index (κ3) is 3.87.